The van der Waals surface area contributed by atoms with Crippen molar-refractivity contribution in [1.29, 1.82) is 0 Å². The zero-order valence-corrected chi connectivity index (χ0v) is 14.2. The first-order valence-corrected chi connectivity index (χ1v) is 6.90. The van der Waals surface area contributed by atoms with Gasteiger partial charge in [0.05, 0.1) is 0 Å². The maximum Gasteiger partial charge on any atom is 1.00 e. The summed E-state index contributed by atoms with van der Waals surface area (Å²) in [6.07, 6.45) is 2.82. The van der Waals surface area contributed by atoms with Gasteiger partial charge in [-0.1, -0.05) is 29.3 Å². The van der Waals surface area contributed by atoms with E-state index in [1.807, 2.05) is 0 Å². The summed E-state index contributed by atoms with van der Waals surface area (Å²) >= 11 is -1.88. The van der Waals surface area contributed by atoms with Crippen LogP contribution in [0.5, 0.6) is 0 Å². The molecular weight excluding hydrogens is 261 g/mol. The minimum atomic E-state index is -1.88. The number of fused-ring (bicyclic) bond motifs is 1. The van der Waals surface area contributed by atoms with Crippen LogP contribution in [0.25, 0.3) is 0 Å². The van der Waals surface area contributed by atoms with Gasteiger partial charge >= 0.3 is 51.4 Å². The molecule has 1 aromatic rings. The van der Waals surface area contributed by atoms with Crippen LogP contribution in [-0.4, -0.2) is 27.6 Å². The number of unbranched alkanes of at least 4 members (excludes halogenated alkanes) is 1. The molecule has 0 fully saturated rings. The van der Waals surface area contributed by atoms with Gasteiger partial charge in [-0.25, -0.2) is 0 Å². The summed E-state index contributed by atoms with van der Waals surface area (Å²) in [6, 6.07) is 8.45. The Balaban J connectivity index is 0.00000144. The van der Waals surface area contributed by atoms with E-state index in [1.165, 1.54) is 11.3 Å². The maximum absolute atomic E-state index is 10.4. The molecule has 0 saturated carbocycles. The number of para-hydroxylation sites is 1. The summed E-state index contributed by atoms with van der Waals surface area (Å²) in [6.45, 7) is 2.04. The number of anilines is 1. The van der Waals surface area contributed by atoms with Crippen LogP contribution in [0.4, 0.5) is 5.69 Å². The van der Waals surface area contributed by atoms with Gasteiger partial charge in [-0.05, 0) is 30.9 Å². The maximum atomic E-state index is 10.4. The summed E-state index contributed by atoms with van der Waals surface area (Å²) in [7, 11) is 0. The molecule has 1 aliphatic heterocycles. The number of hydrogen-bond acceptors (Lipinski definition) is 3. The first-order valence-electron chi connectivity index (χ1n) is 5.66. The Morgan fingerprint density at radius 2 is 2.12 bits per heavy atom. The Morgan fingerprint density at radius 1 is 1.35 bits per heavy atom. The minimum Gasteiger partial charge on any atom is -1.00 e. The van der Waals surface area contributed by atoms with Crippen molar-refractivity contribution in [2.45, 2.75) is 19.3 Å². The van der Waals surface area contributed by atoms with Crippen molar-refractivity contribution >= 4 is 16.8 Å². The van der Waals surface area contributed by atoms with E-state index in [0.29, 0.717) is 0 Å². The average Bonchev–Trinajstić information content (AvgIpc) is 2.68. The molecule has 0 amide bonds. The van der Waals surface area contributed by atoms with Gasteiger partial charge in [-0.15, -0.1) is 0 Å². The molecule has 1 aliphatic rings. The second-order valence-corrected chi connectivity index (χ2v) is 5.10. The molecule has 0 bridgehead atoms. The van der Waals surface area contributed by atoms with Gasteiger partial charge in [0.25, 0.3) is 0 Å². The molecule has 1 unspecified atom stereocenters. The number of nitrogens with zero attached hydrogens (tertiary/aromatic N) is 1. The number of benzene rings is 1. The van der Waals surface area contributed by atoms with Gasteiger partial charge in [0.15, 0.2) is 0 Å². The molecule has 0 aromatic heterocycles. The van der Waals surface area contributed by atoms with Crippen LogP contribution < -0.4 is 56.3 Å². The normalized spacial score (nSPS) is 15.2. The first-order chi connectivity index (χ1) is 7.77. The van der Waals surface area contributed by atoms with Gasteiger partial charge in [0.2, 0.25) is 0 Å². The molecule has 0 N–H and O–H groups in total. The summed E-state index contributed by atoms with van der Waals surface area (Å²) in [4.78, 5) is 2.35. The number of rotatable bonds is 5. The Bertz CT molecular complexity index is 392. The fourth-order valence-corrected chi connectivity index (χ4v) is 2.60. The predicted octanol–water partition coefficient (Wildman–Crippen LogP) is -1.18. The summed E-state index contributed by atoms with van der Waals surface area (Å²) < 4.78 is 20.8. The Labute approximate surface area is 149 Å². The monoisotopic (exact) mass is 278 g/mol. The third-order valence-electron chi connectivity index (χ3n) is 2.97. The van der Waals surface area contributed by atoms with Crippen molar-refractivity contribution < 1.29 is 61.6 Å². The second-order valence-electron chi connectivity index (χ2n) is 4.08. The third kappa shape index (κ3) is 4.74. The van der Waals surface area contributed by atoms with E-state index in [0.717, 1.165) is 32.4 Å². The molecule has 0 saturated heterocycles. The molecule has 1 aromatic carbocycles. The van der Waals surface area contributed by atoms with E-state index in [-0.39, 0.29) is 58.6 Å². The molecule has 1 heterocycles. The second kappa shape index (κ2) is 8.04. The van der Waals surface area contributed by atoms with E-state index in [1.54, 1.807) is 0 Å². The molecule has 5 heteroatoms. The van der Waals surface area contributed by atoms with Crippen molar-refractivity contribution in [3.63, 3.8) is 0 Å². The zero-order valence-electron chi connectivity index (χ0n) is 11.2. The third-order valence-corrected chi connectivity index (χ3v) is 3.59. The van der Waals surface area contributed by atoms with Gasteiger partial charge in [0.1, 0.15) is 0 Å². The SMILES string of the molecule is O=S([O-])CCCCN1CCc2ccccc21.[H-].[K+]. The van der Waals surface area contributed by atoms with Gasteiger partial charge in [-0.2, -0.15) is 0 Å². The van der Waals surface area contributed by atoms with E-state index in [9.17, 15) is 8.76 Å². The van der Waals surface area contributed by atoms with Crippen LogP contribution in [0.3, 0.4) is 0 Å². The van der Waals surface area contributed by atoms with Crippen LogP contribution in [-0.2, 0) is 17.5 Å². The van der Waals surface area contributed by atoms with Crippen molar-refractivity contribution in [2.75, 3.05) is 23.7 Å². The van der Waals surface area contributed by atoms with Crippen molar-refractivity contribution in [1.82, 2.24) is 0 Å². The molecule has 1 atom stereocenters. The van der Waals surface area contributed by atoms with E-state index in [4.69, 9.17) is 0 Å². The van der Waals surface area contributed by atoms with E-state index >= 15 is 0 Å². The van der Waals surface area contributed by atoms with Crippen LogP contribution in [0.15, 0.2) is 24.3 Å². The predicted molar refractivity (Wildman–Crippen MR) is 66.5 cm³/mol. The smallest absolute Gasteiger partial charge is 1.00 e. The molecule has 90 valence electrons. The van der Waals surface area contributed by atoms with Crippen molar-refractivity contribution in [2.24, 2.45) is 0 Å². The van der Waals surface area contributed by atoms with Gasteiger partial charge < -0.3 is 10.9 Å². The average molecular weight is 278 g/mol. The Morgan fingerprint density at radius 3 is 2.88 bits per heavy atom. The van der Waals surface area contributed by atoms with Gasteiger partial charge in [-0.3, -0.25) is 4.21 Å². The van der Waals surface area contributed by atoms with E-state index < -0.39 is 11.1 Å². The largest absolute Gasteiger partial charge is 1.00 e. The van der Waals surface area contributed by atoms with Crippen LogP contribution in [0.1, 0.15) is 19.8 Å². The van der Waals surface area contributed by atoms with Crippen LogP contribution >= 0.6 is 0 Å². The van der Waals surface area contributed by atoms with Crippen LogP contribution in [0.2, 0.25) is 0 Å². The van der Waals surface area contributed by atoms with Crippen molar-refractivity contribution in [3.8, 4) is 0 Å². The molecule has 3 nitrogen and oxygen atoms in total. The molecular formula is C12H17KNO2S-. The van der Waals surface area contributed by atoms with Gasteiger partial charge in [0, 0.05) is 24.5 Å². The zero-order chi connectivity index (χ0) is 11.4. The fourth-order valence-electron chi connectivity index (χ4n) is 2.16. The molecule has 0 aliphatic carbocycles. The summed E-state index contributed by atoms with van der Waals surface area (Å²) in [5, 5.41) is 0. The van der Waals surface area contributed by atoms with Crippen LogP contribution in [0, 0.1) is 0 Å². The number of hydrogen-bond donors (Lipinski definition) is 0. The van der Waals surface area contributed by atoms with E-state index in [2.05, 4.69) is 29.2 Å². The summed E-state index contributed by atoms with van der Waals surface area (Å²) in [5.74, 6) is 0.287. The standard InChI is InChI=1S/C12H17NO2S.K.H/c14-16(15)10-4-3-8-13-9-7-11-5-1-2-6-12(11)13;;/h1-2,5-6H,3-4,7-10H2,(H,14,15);;/q;+1;-1/p-1. The summed E-state index contributed by atoms with van der Waals surface area (Å²) in [5.41, 5.74) is 2.74. The Kier molecular flexibility index (Phi) is 7.48. The Hall–Kier alpha value is 0.766. The molecule has 2 rings (SSSR count). The minimum absolute atomic E-state index is 0. The molecule has 0 spiro atoms. The van der Waals surface area contributed by atoms with Crippen molar-refractivity contribution in [3.05, 3.63) is 29.8 Å². The first kappa shape index (κ1) is 15.8. The fraction of sp³-hybridized carbons (Fsp3) is 0.500. The quantitative estimate of drug-likeness (QED) is 0.387. The molecule has 17 heavy (non-hydrogen) atoms. The molecule has 0 radical (unpaired) electrons. The topological polar surface area (TPSA) is 43.4 Å².